The number of nitrogens with one attached hydrogen (secondary N) is 2. The molecule has 9 nitrogen and oxygen atoms in total. The minimum Gasteiger partial charge on any atom is -0.497 e. The molecule has 2 aliphatic rings. The molecule has 3 aromatic carbocycles. The molecule has 40 heavy (non-hydrogen) atoms. The van der Waals surface area contributed by atoms with Gasteiger partial charge in [-0.15, -0.1) is 0 Å². The zero-order valence-corrected chi connectivity index (χ0v) is 22.2. The Morgan fingerprint density at radius 1 is 1.02 bits per heavy atom. The van der Waals surface area contributed by atoms with E-state index in [9.17, 15) is 18.8 Å². The van der Waals surface area contributed by atoms with Crippen LogP contribution in [-0.2, 0) is 9.53 Å². The van der Waals surface area contributed by atoms with Crippen LogP contribution < -0.4 is 20.1 Å². The van der Waals surface area contributed by atoms with Gasteiger partial charge >= 0.3 is 0 Å². The minimum absolute atomic E-state index is 0.0946. The maximum absolute atomic E-state index is 14.0. The van der Waals surface area contributed by atoms with Crippen LogP contribution in [0.15, 0.2) is 66.7 Å². The minimum atomic E-state index is -0.634. The van der Waals surface area contributed by atoms with Gasteiger partial charge in [0.05, 0.1) is 36.8 Å². The number of likely N-dealkylation sites (N-methyl/N-ethyl adjacent to an activating group) is 1. The zero-order valence-electron chi connectivity index (χ0n) is 22.2. The number of rotatable bonds is 6. The van der Waals surface area contributed by atoms with E-state index in [2.05, 4.69) is 10.6 Å². The Kier molecular flexibility index (Phi) is 7.97. The molecule has 0 spiro atoms. The molecule has 0 bridgehead atoms. The number of carbonyl (C=O) groups excluding carboxylic acids is 3. The number of anilines is 2. The average molecular weight is 548 g/mol. The van der Waals surface area contributed by atoms with E-state index in [0.717, 1.165) is 0 Å². The van der Waals surface area contributed by atoms with E-state index in [-0.39, 0.29) is 48.1 Å². The van der Waals surface area contributed by atoms with Gasteiger partial charge in [-0.1, -0.05) is 18.2 Å². The Labute approximate surface area is 231 Å². The molecule has 5 rings (SSSR count). The normalized spacial score (nSPS) is 20.2. The zero-order chi connectivity index (χ0) is 28.2. The molecule has 0 radical (unpaired) electrons. The van der Waals surface area contributed by atoms with Crippen molar-refractivity contribution in [1.29, 1.82) is 0 Å². The van der Waals surface area contributed by atoms with Gasteiger partial charge in [0.15, 0.2) is 0 Å². The SMILES string of the molecule is COc1cccc(NC(=O)C[C@H]2CC[C@H]3[C@H](COc4ccc(NC(=O)c5ccccc5F)cc4C(=O)N3C)O2)c1. The lowest BCUT2D eigenvalue weighted by atomic mass is 9.94. The second-order valence-corrected chi connectivity index (χ2v) is 9.80. The molecule has 2 N–H and O–H groups in total. The molecule has 10 heteroatoms. The Bertz CT molecular complexity index is 1430. The number of ether oxygens (including phenoxy) is 3. The van der Waals surface area contributed by atoms with Crippen LogP contribution in [0.4, 0.5) is 15.8 Å². The lowest BCUT2D eigenvalue weighted by Gasteiger charge is -2.42. The number of hydrogen-bond donors (Lipinski definition) is 2. The first kappa shape index (κ1) is 27.1. The fourth-order valence-corrected chi connectivity index (χ4v) is 5.07. The third-order valence-corrected chi connectivity index (χ3v) is 7.15. The predicted octanol–water partition coefficient (Wildman–Crippen LogP) is 4.50. The third-order valence-electron chi connectivity index (χ3n) is 7.15. The summed E-state index contributed by atoms with van der Waals surface area (Å²) in [4.78, 5) is 40.3. The monoisotopic (exact) mass is 547 g/mol. The van der Waals surface area contributed by atoms with Gasteiger partial charge in [-0.2, -0.15) is 0 Å². The summed E-state index contributed by atoms with van der Waals surface area (Å²) in [5.74, 6) is -0.722. The summed E-state index contributed by atoms with van der Waals surface area (Å²) in [5, 5.41) is 5.52. The molecule has 0 aliphatic carbocycles. The van der Waals surface area contributed by atoms with Gasteiger partial charge in [-0.05, 0) is 55.3 Å². The van der Waals surface area contributed by atoms with Crippen molar-refractivity contribution in [2.45, 2.75) is 37.5 Å². The number of halogens is 1. The van der Waals surface area contributed by atoms with Crippen LogP contribution in [0.5, 0.6) is 11.5 Å². The van der Waals surface area contributed by atoms with Crippen molar-refractivity contribution in [1.82, 2.24) is 4.90 Å². The van der Waals surface area contributed by atoms with Gasteiger partial charge in [-0.3, -0.25) is 14.4 Å². The average Bonchev–Trinajstić information content (AvgIpc) is 2.95. The Morgan fingerprint density at radius 2 is 1.82 bits per heavy atom. The van der Waals surface area contributed by atoms with Crippen molar-refractivity contribution in [2.24, 2.45) is 0 Å². The third kappa shape index (κ3) is 5.91. The van der Waals surface area contributed by atoms with Crippen molar-refractivity contribution >= 4 is 29.1 Å². The Balaban J connectivity index is 1.25. The van der Waals surface area contributed by atoms with Crippen LogP contribution >= 0.6 is 0 Å². The van der Waals surface area contributed by atoms with E-state index >= 15 is 0 Å². The second-order valence-electron chi connectivity index (χ2n) is 9.80. The molecular weight excluding hydrogens is 517 g/mol. The molecule has 3 atom stereocenters. The van der Waals surface area contributed by atoms with Gasteiger partial charge in [0.1, 0.15) is 30.0 Å². The summed E-state index contributed by atoms with van der Waals surface area (Å²) in [5.41, 5.74) is 1.17. The standard InChI is InChI=1S/C30H30FN3O6/c1-34-25-12-11-21(16-28(35)32-18-6-5-7-20(14-18)38-2)40-27(25)17-39-26-13-10-19(15-23(26)30(34)37)33-29(36)22-8-3-4-9-24(22)31/h3-10,13-15,21,25,27H,11-12,16-17H2,1-2H3,(H,32,35)(H,33,36)/t21-,25+,27+/m1/s1. The van der Waals surface area contributed by atoms with Crippen molar-refractivity contribution in [3.8, 4) is 11.5 Å². The predicted molar refractivity (Wildman–Crippen MR) is 146 cm³/mol. The number of amides is 3. The van der Waals surface area contributed by atoms with E-state index in [4.69, 9.17) is 14.2 Å². The van der Waals surface area contributed by atoms with Gasteiger partial charge in [0.25, 0.3) is 11.8 Å². The van der Waals surface area contributed by atoms with E-state index < -0.39 is 17.8 Å². The number of fused-ring (bicyclic) bond motifs is 2. The van der Waals surface area contributed by atoms with Gasteiger partial charge in [0, 0.05) is 24.5 Å². The largest absolute Gasteiger partial charge is 0.497 e. The lowest BCUT2D eigenvalue weighted by Crippen LogP contribution is -2.53. The molecule has 0 aromatic heterocycles. The molecule has 2 heterocycles. The highest BCUT2D eigenvalue weighted by Gasteiger charge is 2.39. The second kappa shape index (κ2) is 11.7. The van der Waals surface area contributed by atoms with Crippen LogP contribution in [0.25, 0.3) is 0 Å². The maximum atomic E-state index is 14.0. The molecular formula is C30H30FN3O6. The quantitative estimate of drug-likeness (QED) is 0.471. The number of hydrogen-bond acceptors (Lipinski definition) is 6. The fraction of sp³-hybridized carbons (Fsp3) is 0.300. The highest BCUT2D eigenvalue weighted by molar-refractivity contribution is 6.05. The summed E-state index contributed by atoms with van der Waals surface area (Å²) < 4.78 is 31.5. The van der Waals surface area contributed by atoms with Crippen LogP contribution in [0.3, 0.4) is 0 Å². The first-order valence-corrected chi connectivity index (χ1v) is 13.0. The summed E-state index contributed by atoms with van der Waals surface area (Å²) in [6, 6.07) is 17.3. The van der Waals surface area contributed by atoms with Crippen molar-refractivity contribution in [2.75, 3.05) is 31.4 Å². The Morgan fingerprint density at radius 3 is 2.62 bits per heavy atom. The summed E-state index contributed by atoms with van der Waals surface area (Å²) in [6.07, 6.45) is 0.641. The van der Waals surface area contributed by atoms with E-state index in [1.165, 1.54) is 24.3 Å². The van der Waals surface area contributed by atoms with Gasteiger partial charge in [0.2, 0.25) is 5.91 Å². The number of carbonyl (C=O) groups is 3. The summed E-state index contributed by atoms with van der Waals surface area (Å²) >= 11 is 0. The van der Waals surface area contributed by atoms with Crippen molar-refractivity contribution in [3.05, 3.63) is 83.7 Å². The molecule has 2 aliphatic heterocycles. The van der Waals surface area contributed by atoms with Crippen molar-refractivity contribution < 1.29 is 33.0 Å². The van der Waals surface area contributed by atoms with Crippen LogP contribution in [0, 0.1) is 5.82 Å². The molecule has 0 unspecified atom stereocenters. The maximum Gasteiger partial charge on any atom is 0.258 e. The van der Waals surface area contributed by atoms with Crippen LogP contribution in [0.1, 0.15) is 40.0 Å². The lowest BCUT2D eigenvalue weighted by molar-refractivity contribution is -0.130. The summed E-state index contributed by atoms with van der Waals surface area (Å²) in [7, 11) is 3.27. The molecule has 3 aromatic rings. The van der Waals surface area contributed by atoms with E-state index in [1.54, 1.807) is 61.5 Å². The molecule has 1 fully saturated rings. The van der Waals surface area contributed by atoms with Crippen LogP contribution in [0.2, 0.25) is 0 Å². The smallest absolute Gasteiger partial charge is 0.258 e. The Hall–Kier alpha value is -4.44. The first-order valence-electron chi connectivity index (χ1n) is 13.0. The van der Waals surface area contributed by atoms with Crippen LogP contribution in [-0.4, -0.2) is 61.6 Å². The van der Waals surface area contributed by atoms with Gasteiger partial charge < -0.3 is 29.7 Å². The molecule has 208 valence electrons. The summed E-state index contributed by atoms with van der Waals surface area (Å²) in [6.45, 7) is 0.185. The molecule has 0 saturated carbocycles. The highest BCUT2D eigenvalue weighted by atomic mass is 19.1. The number of benzene rings is 3. The fourth-order valence-electron chi connectivity index (χ4n) is 5.07. The van der Waals surface area contributed by atoms with E-state index in [0.29, 0.717) is 35.7 Å². The molecule has 1 saturated heterocycles. The first-order chi connectivity index (χ1) is 19.3. The highest BCUT2D eigenvalue weighted by Crippen LogP contribution is 2.33. The van der Waals surface area contributed by atoms with E-state index in [1.807, 2.05) is 0 Å². The molecule has 3 amide bonds. The topological polar surface area (TPSA) is 106 Å². The number of nitrogens with zero attached hydrogens (tertiary/aromatic N) is 1. The number of methoxy groups -OCH3 is 1. The van der Waals surface area contributed by atoms with Gasteiger partial charge in [-0.25, -0.2) is 4.39 Å². The van der Waals surface area contributed by atoms with Crippen molar-refractivity contribution in [3.63, 3.8) is 0 Å².